The lowest BCUT2D eigenvalue weighted by atomic mass is 9.82. The van der Waals surface area contributed by atoms with Crippen molar-refractivity contribution in [3.05, 3.63) is 36.5 Å². The number of fused-ring (bicyclic) bond motifs is 2. The Morgan fingerprint density at radius 1 is 1.25 bits per heavy atom. The Bertz CT molecular complexity index is 718. The molecule has 3 aliphatic rings. The van der Waals surface area contributed by atoms with E-state index in [0.29, 0.717) is 25.4 Å². The van der Waals surface area contributed by atoms with Crippen LogP contribution in [0, 0.1) is 11.3 Å². The fourth-order valence-corrected chi connectivity index (χ4v) is 4.66. The number of rotatable bonds is 4. The molecule has 156 valence electrons. The first-order chi connectivity index (χ1) is 12.8. The molecule has 1 spiro atoms. The summed E-state index contributed by atoms with van der Waals surface area (Å²) < 4.78 is 24.9. The van der Waals surface area contributed by atoms with Crippen LogP contribution in [-0.4, -0.2) is 45.5 Å². The van der Waals surface area contributed by atoms with Crippen LogP contribution in [0.25, 0.3) is 0 Å². The van der Waals surface area contributed by atoms with Gasteiger partial charge >= 0.3 is 5.97 Å². The summed E-state index contributed by atoms with van der Waals surface area (Å²) in [5, 5.41) is 0.0589. The van der Waals surface area contributed by atoms with E-state index in [0.717, 1.165) is 0 Å². The van der Waals surface area contributed by atoms with E-state index < -0.39 is 25.6 Å². The van der Waals surface area contributed by atoms with Crippen LogP contribution in [0.1, 0.15) is 34.6 Å². The lowest BCUT2D eigenvalue weighted by Crippen LogP contribution is -2.55. The molecule has 0 aromatic heterocycles. The molecule has 0 saturated carbocycles. The van der Waals surface area contributed by atoms with Gasteiger partial charge in [0.15, 0.2) is 19.7 Å². The number of esters is 1. The third-order valence-electron chi connectivity index (χ3n) is 6.46. The first-order valence-electron chi connectivity index (χ1n) is 9.96. The van der Waals surface area contributed by atoms with Gasteiger partial charge in [-0.25, -0.2) is 4.79 Å². The summed E-state index contributed by atoms with van der Waals surface area (Å²) >= 11 is 0. The maximum absolute atomic E-state index is 12.7. The molecule has 0 bridgehead atoms. The largest absolute Gasteiger partial charge is 0.448 e. The number of hydrogen-bond donors (Lipinski definition) is 0. The van der Waals surface area contributed by atoms with E-state index in [4.69, 9.17) is 18.6 Å². The Morgan fingerprint density at radius 3 is 2.39 bits per heavy atom. The summed E-state index contributed by atoms with van der Waals surface area (Å²) in [6.45, 7) is 20.3. The van der Waals surface area contributed by atoms with Crippen molar-refractivity contribution < 1.29 is 23.4 Å². The Balaban J connectivity index is 1.95. The Kier molecular flexibility index (Phi) is 5.11. The van der Waals surface area contributed by atoms with E-state index in [1.54, 1.807) is 12.2 Å². The molecule has 28 heavy (non-hydrogen) atoms. The summed E-state index contributed by atoms with van der Waals surface area (Å²) in [5.41, 5.74) is -0.463. The molecule has 0 amide bonds. The second-order valence-electron chi connectivity index (χ2n) is 10.5. The van der Waals surface area contributed by atoms with Gasteiger partial charge in [0, 0.05) is 5.41 Å². The first kappa shape index (κ1) is 21.5. The van der Waals surface area contributed by atoms with Gasteiger partial charge in [-0.3, -0.25) is 0 Å². The third-order valence-corrected chi connectivity index (χ3v) is 10.9. The number of ether oxygens (including phenoxy) is 3. The van der Waals surface area contributed by atoms with Crippen molar-refractivity contribution in [2.45, 2.75) is 64.1 Å². The first-order valence-corrected chi connectivity index (χ1v) is 12.9. The quantitative estimate of drug-likeness (QED) is 0.300. The minimum atomic E-state index is -2.03. The van der Waals surface area contributed by atoms with Crippen LogP contribution < -0.4 is 0 Å². The molecule has 2 saturated heterocycles. The molecule has 0 aromatic carbocycles. The van der Waals surface area contributed by atoms with Crippen molar-refractivity contribution in [2.24, 2.45) is 11.3 Å². The Morgan fingerprint density at radius 2 is 1.86 bits per heavy atom. The zero-order chi connectivity index (χ0) is 21.0. The van der Waals surface area contributed by atoms with Gasteiger partial charge in [0.2, 0.25) is 0 Å². The standard InChI is InChI=1S/C22H34O5Si/c1-9-10-16-17-21(27-18(16)23,15-26-28(7,8)19(2,3)4)11-12-22(17)24-13-20(5,6)14-25-22/h9-12,17H,1,13-15H2,2-8H3/b16-10+/t17-,21+/m0/s1. The van der Waals surface area contributed by atoms with Crippen molar-refractivity contribution in [1.29, 1.82) is 0 Å². The van der Waals surface area contributed by atoms with Crippen LogP contribution >= 0.6 is 0 Å². The van der Waals surface area contributed by atoms with E-state index in [-0.39, 0.29) is 16.4 Å². The van der Waals surface area contributed by atoms with Crippen molar-refractivity contribution in [2.75, 3.05) is 19.8 Å². The number of carbonyl (C=O) groups is 1. The average molecular weight is 407 g/mol. The SMILES string of the molecule is C=C/C=C1/C(=O)O[C@@]2(CO[Si](C)(C)C(C)(C)C)C=CC3(OCC(C)(C)CO3)[C@@H]12. The van der Waals surface area contributed by atoms with Gasteiger partial charge in [0.05, 0.1) is 31.3 Å². The lowest BCUT2D eigenvalue weighted by molar-refractivity contribution is -0.294. The molecule has 2 aliphatic heterocycles. The highest BCUT2D eigenvalue weighted by Crippen LogP contribution is 2.54. The highest BCUT2D eigenvalue weighted by atomic mass is 28.4. The smallest absolute Gasteiger partial charge is 0.335 e. The van der Waals surface area contributed by atoms with Crippen LogP contribution in [0.15, 0.2) is 36.5 Å². The maximum atomic E-state index is 12.7. The highest BCUT2D eigenvalue weighted by Gasteiger charge is 2.66. The second kappa shape index (κ2) is 6.66. The fourth-order valence-electron chi connectivity index (χ4n) is 3.64. The Labute approximate surface area is 169 Å². The van der Waals surface area contributed by atoms with E-state index in [9.17, 15) is 4.79 Å². The zero-order valence-corrected chi connectivity index (χ0v) is 19.3. The summed E-state index contributed by atoms with van der Waals surface area (Å²) in [6, 6.07) is 0. The van der Waals surface area contributed by atoms with Gasteiger partial charge in [0.1, 0.15) is 0 Å². The Hall–Kier alpha value is -1.21. The fraction of sp³-hybridized carbons (Fsp3) is 0.682. The minimum Gasteiger partial charge on any atom is -0.448 e. The monoisotopic (exact) mass is 406 g/mol. The number of allylic oxidation sites excluding steroid dienone is 2. The molecule has 0 N–H and O–H groups in total. The van der Waals surface area contributed by atoms with Crippen LogP contribution in [0.5, 0.6) is 0 Å². The summed E-state index contributed by atoms with van der Waals surface area (Å²) in [5.74, 6) is -1.77. The summed E-state index contributed by atoms with van der Waals surface area (Å²) in [6.07, 6.45) is 7.14. The van der Waals surface area contributed by atoms with Crippen LogP contribution in [0.3, 0.4) is 0 Å². The number of hydrogen-bond acceptors (Lipinski definition) is 5. The normalized spacial score (nSPS) is 32.6. The van der Waals surface area contributed by atoms with Crippen molar-refractivity contribution >= 4 is 14.3 Å². The third kappa shape index (κ3) is 3.45. The van der Waals surface area contributed by atoms with Crippen LogP contribution in [0.4, 0.5) is 0 Å². The highest BCUT2D eigenvalue weighted by molar-refractivity contribution is 6.74. The van der Waals surface area contributed by atoms with E-state index in [1.807, 2.05) is 12.2 Å². The van der Waals surface area contributed by atoms with E-state index in [2.05, 4.69) is 54.3 Å². The van der Waals surface area contributed by atoms with Crippen molar-refractivity contribution in [3.63, 3.8) is 0 Å². The molecule has 2 heterocycles. The molecular weight excluding hydrogens is 372 g/mol. The maximum Gasteiger partial charge on any atom is 0.335 e. The van der Waals surface area contributed by atoms with Crippen molar-refractivity contribution in [3.8, 4) is 0 Å². The predicted octanol–water partition coefficient (Wildman–Crippen LogP) is 4.37. The van der Waals surface area contributed by atoms with Gasteiger partial charge in [-0.1, -0.05) is 53.3 Å². The van der Waals surface area contributed by atoms with Crippen LogP contribution in [0.2, 0.25) is 18.1 Å². The molecule has 6 heteroatoms. The van der Waals surface area contributed by atoms with Gasteiger partial charge in [-0.05, 0) is 30.3 Å². The molecular formula is C22H34O5Si. The average Bonchev–Trinajstić information content (AvgIpc) is 3.02. The van der Waals surface area contributed by atoms with Gasteiger partial charge < -0.3 is 18.6 Å². The molecule has 2 atom stereocenters. The molecule has 5 nitrogen and oxygen atoms in total. The topological polar surface area (TPSA) is 54.0 Å². The molecule has 1 aliphatic carbocycles. The van der Waals surface area contributed by atoms with Gasteiger partial charge in [-0.15, -0.1) is 0 Å². The minimum absolute atomic E-state index is 0.0589. The van der Waals surface area contributed by atoms with Gasteiger partial charge in [0.25, 0.3) is 0 Å². The zero-order valence-electron chi connectivity index (χ0n) is 18.3. The number of carbonyl (C=O) groups excluding carboxylic acids is 1. The summed E-state index contributed by atoms with van der Waals surface area (Å²) in [7, 11) is -2.03. The molecule has 0 aromatic rings. The summed E-state index contributed by atoms with van der Waals surface area (Å²) in [4.78, 5) is 12.7. The predicted molar refractivity (Wildman–Crippen MR) is 111 cm³/mol. The van der Waals surface area contributed by atoms with Gasteiger partial charge in [-0.2, -0.15) is 0 Å². The lowest BCUT2D eigenvalue weighted by Gasteiger charge is -2.45. The molecule has 2 fully saturated rings. The molecule has 3 rings (SSSR count). The second-order valence-corrected chi connectivity index (χ2v) is 15.3. The van der Waals surface area contributed by atoms with E-state index >= 15 is 0 Å². The molecule has 0 radical (unpaired) electrons. The van der Waals surface area contributed by atoms with Crippen LogP contribution in [-0.2, 0) is 23.4 Å². The molecule has 0 unspecified atom stereocenters. The van der Waals surface area contributed by atoms with Crippen molar-refractivity contribution in [1.82, 2.24) is 0 Å². The van der Waals surface area contributed by atoms with E-state index in [1.165, 1.54) is 0 Å².